The monoisotopic (exact) mass is 385 g/mol. The molecule has 8 heteroatoms. The van der Waals surface area contributed by atoms with E-state index in [2.05, 4.69) is 20.0 Å². The Balaban J connectivity index is 1.24. The van der Waals surface area contributed by atoms with Crippen LogP contribution in [0.1, 0.15) is 31.6 Å². The van der Waals surface area contributed by atoms with Gasteiger partial charge in [-0.1, -0.05) is 5.16 Å². The van der Waals surface area contributed by atoms with Crippen molar-refractivity contribution in [2.45, 2.75) is 38.2 Å². The van der Waals surface area contributed by atoms with Crippen molar-refractivity contribution in [3.63, 3.8) is 0 Å². The standard InChI is InChI=1S/C20H27N5O3/c26-19(7-6-18-22-20(23-28-18)16-4-1-8-21-14-16)25-10-3-9-24(11-12-25)15-17-5-2-13-27-17/h1,4,8,14,17H,2-3,5-7,9-13,15H2. The van der Waals surface area contributed by atoms with E-state index in [1.165, 1.54) is 6.42 Å². The Bertz CT molecular complexity index is 760. The van der Waals surface area contributed by atoms with Crippen molar-refractivity contribution in [3.05, 3.63) is 30.4 Å². The van der Waals surface area contributed by atoms with Crippen LogP contribution in [0.5, 0.6) is 0 Å². The Morgan fingerprint density at radius 3 is 3.00 bits per heavy atom. The molecule has 0 aliphatic carbocycles. The molecule has 4 rings (SSSR count). The van der Waals surface area contributed by atoms with Gasteiger partial charge in [-0.25, -0.2) is 0 Å². The third kappa shape index (κ3) is 4.94. The molecular weight excluding hydrogens is 358 g/mol. The molecule has 0 aromatic carbocycles. The Hall–Kier alpha value is -2.32. The summed E-state index contributed by atoms with van der Waals surface area (Å²) in [5.74, 6) is 1.15. The van der Waals surface area contributed by atoms with E-state index < -0.39 is 0 Å². The molecule has 2 aromatic heterocycles. The third-order valence-electron chi connectivity index (χ3n) is 5.37. The van der Waals surface area contributed by atoms with Gasteiger partial charge in [0.15, 0.2) is 0 Å². The van der Waals surface area contributed by atoms with Gasteiger partial charge in [-0.3, -0.25) is 14.7 Å². The largest absolute Gasteiger partial charge is 0.377 e. The summed E-state index contributed by atoms with van der Waals surface area (Å²) >= 11 is 0. The van der Waals surface area contributed by atoms with Crippen LogP contribution in [-0.4, -0.2) is 76.3 Å². The molecule has 0 radical (unpaired) electrons. The maximum atomic E-state index is 12.6. The highest BCUT2D eigenvalue weighted by Crippen LogP contribution is 2.16. The molecule has 2 saturated heterocycles. The van der Waals surface area contributed by atoms with Gasteiger partial charge in [0.2, 0.25) is 17.6 Å². The second kappa shape index (κ2) is 9.25. The van der Waals surface area contributed by atoms with Gasteiger partial charge >= 0.3 is 0 Å². The van der Waals surface area contributed by atoms with Gasteiger partial charge < -0.3 is 14.2 Å². The predicted octanol–water partition coefficient (Wildman–Crippen LogP) is 1.78. The summed E-state index contributed by atoms with van der Waals surface area (Å²) in [6.45, 7) is 5.41. The molecule has 0 bridgehead atoms. The highest BCUT2D eigenvalue weighted by Gasteiger charge is 2.23. The van der Waals surface area contributed by atoms with Gasteiger partial charge in [0, 0.05) is 63.6 Å². The molecule has 28 heavy (non-hydrogen) atoms. The van der Waals surface area contributed by atoms with Crippen LogP contribution in [0.2, 0.25) is 0 Å². The SMILES string of the molecule is O=C(CCc1nc(-c2cccnc2)no1)N1CCCN(CC2CCCO2)CC1. The lowest BCUT2D eigenvalue weighted by molar-refractivity contribution is -0.131. The number of hydrogen-bond donors (Lipinski definition) is 0. The molecule has 1 unspecified atom stereocenters. The van der Waals surface area contributed by atoms with E-state index in [4.69, 9.17) is 9.26 Å². The van der Waals surface area contributed by atoms with Gasteiger partial charge in [-0.15, -0.1) is 0 Å². The minimum atomic E-state index is 0.153. The normalized spacial score (nSPS) is 21.0. The lowest BCUT2D eigenvalue weighted by atomic mass is 10.2. The molecule has 4 heterocycles. The number of ether oxygens (including phenoxy) is 1. The summed E-state index contributed by atoms with van der Waals surface area (Å²) in [7, 11) is 0. The third-order valence-corrected chi connectivity index (χ3v) is 5.37. The van der Waals surface area contributed by atoms with Crippen molar-refractivity contribution in [2.24, 2.45) is 0 Å². The molecule has 1 amide bonds. The van der Waals surface area contributed by atoms with Gasteiger partial charge in [0.1, 0.15) is 0 Å². The molecule has 2 aliphatic heterocycles. The fourth-order valence-electron chi connectivity index (χ4n) is 3.82. The topological polar surface area (TPSA) is 84.6 Å². The second-order valence-electron chi connectivity index (χ2n) is 7.42. The Kier molecular flexibility index (Phi) is 6.28. The zero-order chi connectivity index (χ0) is 19.2. The average Bonchev–Trinajstić information content (AvgIpc) is 3.36. The van der Waals surface area contributed by atoms with E-state index in [1.54, 1.807) is 12.4 Å². The maximum absolute atomic E-state index is 12.6. The summed E-state index contributed by atoms with van der Waals surface area (Å²) in [6.07, 6.45) is 7.94. The summed E-state index contributed by atoms with van der Waals surface area (Å²) < 4.78 is 11.0. The maximum Gasteiger partial charge on any atom is 0.227 e. The molecule has 0 spiro atoms. The van der Waals surface area contributed by atoms with Crippen LogP contribution in [0.25, 0.3) is 11.4 Å². The van der Waals surface area contributed by atoms with Crippen molar-refractivity contribution < 1.29 is 14.1 Å². The number of carbonyl (C=O) groups excluding carboxylic acids is 1. The zero-order valence-corrected chi connectivity index (χ0v) is 16.1. The van der Waals surface area contributed by atoms with Crippen LogP contribution in [0.3, 0.4) is 0 Å². The molecular formula is C20H27N5O3. The second-order valence-corrected chi connectivity index (χ2v) is 7.42. The van der Waals surface area contributed by atoms with Crippen LogP contribution < -0.4 is 0 Å². The average molecular weight is 385 g/mol. The fraction of sp³-hybridized carbons (Fsp3) is 0.600. The van der Waals surface area contributed by atoms with Crippen molar-refractivity contribution in [1.82, 2.24) is 24.9 Å². The van der Waals surface area contributed by atoms with Crippen LogP contribution >= 0.6 is 0 Å². The van der Waals surface area contributed by atoms with E-state index in [0.29, 0.717) is 30.7 Å². The summed E-state index contributed by atoms with van der Waals surface area (Å²) in [5.41, 5.74) is 0.808. The van der Waals surface area contributed by atoms with Gasteiger partial charge in [-0.2, -0.15) is 4.98 Å². The summed E-state index contributed by atoms with van der Waals surface area (Å²) in [6, 6.07) is 3.71. The first-order chi connectivity index (χ1) is 13.8. The van der Waals surface area contributed by atoms with Gasteiger partial charge in [-0.05, 0) is 37.9 Å². The Morgan fingerprint density at radius 1 is 1.21 bits per heavy atom. The first-order valence-electron chi connectivity index (χ1n) is 10.1. The Morgan fingerprint density at radius 2 is 2.18 bits per heavy atom. The number of hydrogen-bond acceptors (Lipinski definition) is 7. The highest BCUT2D eigenvalue weighted by molar-refractivity contribution is 5.76. The predicted molar refractivity (Wildman–Crippen MR) is 102 cm³/mol. The van der Waals surface area contributed by atoms with Crippen LogP contribution in [-0.2, 0) is 16.0 Å². The highest BCUT2D eigenvalue weighted by atomic mass is 16.5. The quantitative estimate of drug-likeness (QED) is 0.749. The minimum Gasteiger partial charge on any atom is -0.377 e. The van der Waals surface area contributed by atoms with E-state index in [-0.39, 0.29) is 5.91 Å². The van der Waals surface area contributed by atoms with Crippen LogP contribution in [0.4, 0.5) is 0 Å². The Labute approximate surface area is 164 Å². The van der Waals surface area contributed by atoms with Gasteiger partial charge in [0.25, 0.3) is 0 Å². The molecule has 150 valence electrons. The number of carbonyl (C=O) groups is 1. The number of amides is 1. The minimum absolute atomic E-state index is 0.153. The molecule has 2 aliphatic rings. The molecule has 0 saturated carbocycles. The van der Waals surface area contributed by atoms with Crippen molar-refractivity contribution in [2.75, 3.05) is 39.3 Å². The lowest BCUT2D eigenvalue weighted by Crippen LogP contribution is -2.37. The van der Waals surface area contributed by atoms with Crippen molar-refractivity contribution in [3.8, 4) is 11.4 Å². The van der Waals surface area contributed by atoms with Crippen molar-refractivity contribution >= 4 is 5.91 Å². The van der Waals surface area contributed by atoms with Crippen LogP contribution in [0.15, 0.2) is 29.0 Å². The van der Waals surface area contributed by atoms with E-state index in [9.17, 15) is 4.79 Å². The zero-order valence-electron chi connectivity index (χ0n) is 16.1. The number of nitrogens with zero attached hydrogens (tertiary/aromatic N) is 5. The van der Waals surface area contributed by atoms with Crippen LogP contribution in [0, 0.1) is 0 Å². The molecule has 2 fully saturated rings. The molecule has 8 nitrogen and oxygen atoms in total. The number of aryl methyl sites for hydroxylation is 1. The van der Waals surface area contributed by atoms with E-state index in [0.717, 1.165) is 57.7 Å². The van der Waals surface area contributed by atoms with E-state index >= 15 is 0 Å². The fourth-order valence-corrected chi connectivity index (χ4v) is 3.82. The number of pyridine rings is 1. The summed E-state index contributed by atoms with van der Waals surface area (Å²) in [4.78, 5) is 25.5. The lowest BCUT2D eigenvalue weighted by Gasteiger charge is -2.24. The molecule has 1 atom stereocenters. The summed E-state index contributed by atoms with van der Waals surface area (Å²) in [5, 5.41) is 3.98. The molecule has 2 aromatic rings. The first-order valence-corrected chi connectivity index (χ1v) is 10.1. The number of aromatic nitrogens is 3. The van der Waals surface area contributed by atoms with Gasteiger partial charge in [0.05, 0.1) is 6.10 Å². The number of rotatable bonds is 6. The first kappa shape index (κ1) is 19.0. The molecule has 0 N–H and O–H groups in total. The van der Waals surface area contributed by atoms with Crippen molar-refractivity contribution in [1.29, 1.82) is 0 Å². The van der Waals surface area contributed by atoms with E-state index in [1.807, 2.05) is 17.0 Å². The smallest absolute Gasteiger partial charge is 0.227 e.